The van der Waals surface area contributed by atoms with Gasteiger partial charge >= 0.3 is 5.97 Å². The van der Waals surface area contributed by atoms with E-state index in [-0.39, 0.29) is 15.8 Å². The van der Waals surface area contributed by atoms with Crippen LogP contribution in [0, 0.1) is 5.82 Å². The molecule has 0 fully saturated rings. The molecule has 0 spiro atoms. The Bertz CT molecular complexity index is 461. The van der Waals surface area contributed by atoms with Gasteiger partial charge in [0.25, 0.3) is 0 Å². The van der Waals surface area contributed by atoms with Gasteiger partial charge in [-0.05, 0) is 15.9 Å². The maximum atomic E-state index is 13.8. The van der Waals surface area contributed by atoms with E-state index in [1.165, 1.54) is 6.07 Å². The minimum atomic E-state index is -1.11. The lowest BCUT2D eigenvalue weighted by molar-refractivity contribution is -0.136. The highest BCUT2D eigenvalue weighted by Gasteiger charge is 2.23. The summed E-state index contributed by atoms with van der Waals surface area (Å²) >= 11 is 3.04. The van der Waals surface area contributed by atoms with Gasteiger partial charge < -0.3 is 14.6 Å². The molecule has 0 aliphatic carbocycles. The summed E-state index contributed by atoms with van der Waals surface area (Å²) in [6.45, 7) is 0.859. The van der Waals surface area contributed by atoms with Gasteiger partial charge in [-0.3, -0.25) is 4.79 Å². The van der Waals surface area contributed by atoms with Crippen molar-refractivity contribution in [2.45, 2.75) is 12.8 Å². The molecule has 0 atom stereocenters. The predicted octanol–water partition coefficient (Wildman–Crippen LogP) is 2.38. The molecule has 0 bridgehead atoms. The van der Waals surface area contributed by atoms with Crippen molar-refractivity contribution in [2.24, 2.45) is 0 Å². The average molecular weight is 305 g/mol. The lowest BCUT2D eigenvalue weighted by atomic mass is 10.1. The normalized spacial score (nSPS) is 14.2. The Morgan fingerprint density at radius 2 is 2.18 bits per heavy atom. The smallest absolute Gasteiger partial charge is 0.308 e. The minimum absolute atomic E-state index is 0.0174. The highest BCUT2D eigenvalue weighted by atomic mass is 79.9. The molecule has 6 heteroatoms. The van der Waals surface area contributed by atoms with E-state index in [4.69, 9.17) is 14.6 Å². The van der Waals surface area contributed by atoms with Gasteiger partial charge in [0.15, 0.2) is 11.5 Å². The molecule has 1 aliphatic heterocycles. The molecule has 92 valence electrons. The fourth-order valence-electron chi connectivity index (χ4n) is 1.63. The van der Waals surface area contributed by atoms with Crippen molar-refractivity contribution in [3.63, 3.8) is 0 Å². The summed E-state index contributed by atoms with van der Waals surface area (Å²) in [4.78, 5) is 10.7. The van der Waals surface area contributed by atoms with E-state index in [2.05, 4.69) is 15.9 Å². The SMILES string of the molecule is O=C(O)Cc1c(F)c(Br)cc2c1OCCCO2. The van der Waals surface area contributed by atoms with Crippen molar-refractivity contribution in [2.75, 3.05) is 13.2 Å². The number of aliphatic carboxylic acids is 1. The van der Waals surface area contributed by atoms with Crippen molar-refractivity contribution in [3.8, 4) is 11.5 Å². The Morgan fingerprint density at radius 3 is 2.88 bits per heavy atom. The van der Waals surface area contributed by atoms with Crippen LogP contribution in [0.5, 0.6) is 11.5 Å². The maximum absolute atomic E-state index is 13.8. The molecule has 1 aromatic carbocycles. The van der Waals surface area contributed by atoms with Crippen LogP contribution in [0.3, 0.4) is 0 Å². The first kappa shape index (κ1) is 12.2. The Balaban J connectivity index is 2.53. The molecule has 1 N–H and O–H groups in total. The molecule has 0 radical (unpaired) electrons. The molecular formula is C11H10BrFO4. The molecule has 2 rings (SSSR count). The van der Waals surface area contributed by atoms with Gasteiger partial charge in [0, 0.05) is 18.1 Å². The molecule has 1 aromatic rings. The number of carbonyl (C=O) groups is 1. The van der Waals surface area contributed by atoms with E-state index < -0.39 is 18.2 Å². The quantitative estimate of drug-likeness (QED) is 0.911. The highest BCUT2D eigenvalue weighted by Crippen LogP contribution is 2.39. The van der Waals surface area contributed by atoms with Crippen LogP contribution < -0.4 is 9.47 Å². The van der Waals surface area contributed by atoms with Crippen molar-refractivity contribution < 1.29 is 23.8 Å². The van der Waals surface area contributed by atoms with Gasteiger partial charge in [-0.1, -0.05) is 0 Å². The first-order chi connectivity index (χ1) is 8.09. The Kier molecular flexibility index (Phi) is 3.51. The molecule has 1 aliphatic rings. The van der Waals surface area contributed by atoms with E-state index in [9.17, 15) is 9.18 Å². The summed E-state index contributed by atoms with van der Waals surface area (Å²) in [6, 6.07) is 1.46. The molecule has 0 saturated heterocycles. The summed E-state index contributed by atoms with van der Waals surface area (Å²) in [6.07, 6.45) is 0.247. The van der Waals surface area contributed by atoms with Gasteiger partial charge in [-0.15, -0.1) is 0 Å². The molecule has 0 aromatic heterocycles. The van der Waals surface area contributed by atoms with E-state index in [1.807, 2.05) is 0 Å². The number of halogens is 2. The number of ether oxygens (including phenoxy) is 2. The van der Waals surface area contributed by atoms with Gasteiger partial charge in [0.1, 0.15) is 5.82 Å². The van der Waals surface area contributed by atoms with E-state index in [1.54, 1.807) is 0 Å². The highest BCUT2D eigenvalue weighted by molar-refractivity contribution is 9.10. The first-order valence-electron chi connectivity index (χ1n) is 5.08. The molecule has 17 heavy (non-hydrogen) atoms. The van der Waals surface area contributed by atoms with Gasteiger partial charge in [0.2, 0.25) is 0 Å². The molecule has 4 nitrogen and oxygen atoms in total. The van der Waals surface area contributed by atoms with Crippen LogP contribution in [0.1, 0.15) is 12.0 Å². The van der Waals surface area contributed by atoms with Gasteiger partial charge in [0.05, 0.1) is 24.1 Å². The average Bonchev–Trinajstić information content (AvgIpc) is 2.49. The van der Waals surface area contributed by atoms with Crippen LogP contribution in [0.4, 0.5) is 4.39 Å². The maximum Gasteiger partial charge on any atom is 0.308 e. The van der Waals surface area contributed by atoms with E-state index >= 15 is 0 Å². The van der Waals surface area contributed by atoms with E-state index in [0.717, 1.165) is 0 Å². The number of hydrogen-bond donors (Lipinski definition) is 1. The van der Waals surface area contributed by atoms with Crippen LogP contribution in [-0.4, -0.2) is 24.3 Å². The molecule has 0 saturated carbocycles. The minimum Gasteiger partial charge on any atom is -0.490 e. The number of benzene rings is 1. The lowest BCUT2D eigenvalue weighted by Gasteiger charge is -2.13. The second kappa shape index (κ2) is 4.91. The van der Waals surface area contributed by atoms with Crippen molar-refractivity contribution in [1.29, 1.82) is 0 Å². The van der Waals surface area contributed by atoms with Crippen LogP contribution in [0.2, 0.25) is 0 Å². The third kappa shape index (κ3) is 2.52. The van der Waals surface area contributed by atoms with E-state index in [0.29, 0.717) is 25.4 Å². The van der Waals surface area contributed by atoms with Crippen molar-refractivity contribution in [1.82, 2.24) is 0 Å². The van der Waals surface area contributed by atoms with Crippen molar-refractivity contribution in [3.05, 3.63) is 21.9 Å². The number of carboxylic acids is 1. The summed E-state index contributed by atoms with van der Waals surface area (Å²) in [7, 11) is 0. The number of fused-ring (bicyclic) bond motifs is 1. The summed E-state index contributed by atoms with van der Waals surface area (Å²) in [5, 5.41) is 8.78. The van der Waals surface area contributed by atoms with Crippen molar-refractivity contribution >= 4 is 21.9 Å². The molecule has 1 heterocycles. The number of hydrogen-bond acceptors (Lipinski definition) is 3. The van der Waals surface area contributed by atoms with Crippen LogP contribution in [0.15, 0.2) is 10.5 Å². The van der Waals surface area contributed by atoms with Gasteiger partial charge in [-0.2, -0.15) is 0 Å². The summed E-state index contributed by atoms with van der Waals surface area (Å²) in [5.74, 6) is -1.15. The zero-order valence-electron chi connectivity index (χ0n) is 8.83. The molecule has 0 unspecified atom stereocenters. The largest absolute Gasteiger partial charge is 0.490 e. The lowest BCUT2D eigenvalue weighted by Crippen LogP contribution is -2.07. The predicted molar refractivity (Wildman–Crippen MR) is 61.0 cm³/mol. The monoisotopic (exact) mass is 304 g/mol. The number of carboxylic acid groups (broad SMARTS) is 1. The number of rotatable bonds is 2. The first-order valence-corrected chi connectivity index (χ1v) is 5.87. The van der Waals surface area contributed by atoms with Crippen LogP contribution in [-0.2, 0) is 11.2 Å². The standard InChI is InChI=1S/C11H10BrFO4/c12-7-5-8-11(17-3-1-2-16-8)6(10(7)13)4-9(14)15/h5H,1-4H2,(H,14,15). The zero-order valence-corrected chi connectivity index (χ0v) is 10.4. The summed E-state index contributed by atoms with van der Waals surface area (Å²) < 4.78 is 24.8. The third-order valence-electron chi connectivity index (χ3n) is 2.35. The fourth-order valence-corrected chi connectivity index (χ4v) is 2.07. The van der Waals surface area contributed by atoms with Crippen LogP contribution >= 0.6 is 15.9 Å². The Labute approximate surface area is 105 Å². The topological polar surface area (TPSA) is 55.8 Å². The third-order valence-corrected chi connectivity index (χ3v) is 2.93. The van der Waals surface area contributed by atoms with Gasteiger partial charge in [-0.25, -0.2) is 4.39 Å². The molecule has 0 amide bonds. The second-order valence-corrected chi connectivity index (χ2v) is 4.45. The Hall–Kier alpha value is -1.30. The summed E-state index contributed by atoms with van der Waals surface area (Å²) in [5.41, 5.74) is 0.0174. The fraction of sp³-hybridized carbons (Fsp3) is 0.364. The second-order valence-electron chi connectivity index (χ2n) is 3.60. The molecular weight excluding hydrogens is 295 g/mol. The van der Waals surface area contributed by atoms with Crippen LogP contribution in [0.25, 0.3) is 0 Å². The zero-order chi connectivity index (χ0) is 12.4. The Morgan fingerprint density at radius 1 is 1.47 bits per heavy atom.